The molecule has 0 saturated carbocycles. The molecule has 2 heterocycles. The van der Waals surface area contributed by atoms with Gasteiger partial charge in [-0.25, -0.2) is 9.97 Å². The number of hydrogen-bond donors (Lipinski definition) is 0. The summed E-state index contributed by atoms with van der Waals surface area (Å²) in [5.41, 5.74) is 3.84. The lowest BCUT2D eigenvalue weighted by atomic mass is 10.0. The maximum absolute atomic E-state index is 13.7. The summed E-state index contributed by atoms with van der Waals surface area (Å²) < 4.78 is 3.07. The Labute approximate surface area is 226 Å². The number of carbonyl (C=O) groups excluding carboxylic acids is 2. The standard InChI is InChI=1S/C29H26N4O2S.ClH/c1-2-21-9-14-25-26(19-21)36-29(31-25)33(17-6-16-32-18-15-30-20-32)28(35)24-12-10-23(11-13-24)27(34)22-7-4-3-5-8-22;/h3-5,7-15,18-20H,2,6,16-17H2,1H3;1H. The summed E-state index contributed by atoms with van der Waals surface area (Å²) in [4.78, 5) is 37.1. The van der Waals surface area contributed by atoms with Gasteiger partial charge in [-0.05, 0) is 42.7 Å². The number of ketones is 1. The zero-order chi connectivity index (χ0) is 24.9. The fraction of sp³-hybridized carbons (Fsp3) is 0.172. The van der Waals surface area contributed by atoms with E-state index >= 15 is 0 Å². The average Bonchev–Trinajstić information content (AvgIpc) is 3.60. The molecule has 1 amide bonds. The van der Waals surface area contributed by atoms with Gasteiger partial charge in [-0.15, -0.1) is 12.4 Å². The maximum atomic E-state index is 13.7. The minimum absolute atomic E-state index is 0. The van der Waals surface area contributed by atoms with E-state index in [1.165, 1.54) is 16.9 Å². The molecule has 6 nitrogen and oxygen atoms in total. The van der Waals surface area contributed by atoms with Crippen molar-refractivity contribution >= 4 is 50.8 Å². The van der Waals surface area contributed by atoms with E-state index in [1.54, 1.807) is 53.8 Å². The Bertz CT molecular complexity index is 1480. The van der Waals surface area contributed by atoms with Gasteiger partial charge in [0.2, 0.25) is 0 Å². The summed E-state index contributed by atoms with van der Waals surface area (Å²) >= 11 is 1.53. The second-order valence-corrected chi connectivity index (χ2v) is 9.54. The molecule has 0 saturated heterocycles. The van der Waals surface area contributed by atoms with Gasteiger partial charge >= 0.3 is 0 Å². The molecule has 5 rings (SSSR count). The lowest BCUT2D eigenvalue weighted by Gasteiger charge is -2.20. The molecule has 0 radical (unpaired) electrons. The molecule has 0 aliphatic heterocycles. The monoisotopic (exact) mass is 530 g/mol. The number of fused-ring (bicyclic) bond motifs is 1. The van der Waals surface area contributed by atoms with Crippen LogP contribution in [0.15, 0.2) is 91.5 Å². The number of thiazole rings is 1. The number of hydrogen-bond acceptors (Lipinski definition) is 5. The van der Waals surface area contributed by atoms with E-state index in [-0.39, 0.29) is 24.1 Å². The van der Waals surface area contributed by atoms with Crippen LogP contribution in [0.2, 0.25) is 0 Å². The molecular formula is C29H27ClN4O2S. The molecule has 188 valence electrons. The molecule has 0 unspecified atom stereocenters. The Balaban J connectivity index is 0.00000320. The van der Waals surface area contributed by atoms with Crippen molar-refractivity contribution < 1.29 is 9.59 Å². The van der Waals surface area contributed by atoms with Gasteiger partial charge in [0.1, 0.15) is 0 Å². The van der Waals surface area contributed by atoms with Gasteiger partial charge in [-0.2, -0.15) is 0 Å². The molecule has 0 atom stereocenters. The predicted octanol–water partition coefficient (Wildman–Crippen LogP) is 6.45. The van der Waals surface area contributed by atoms with E-state index in [9.17, 15) is 9.59 Å². The molecular weight excluding hydrogens is 504 g/mol. The molecule has 0 bridgehead atoms. The summed E-state index contributed by atoms with van der Waals surface area (Å²) in [6, 6.07) is 22.3. The predicted molar refractivity (Wildman–Crippen MR) is 151 cm³/mol. The van der Waals surface area contributed by atoms with Gasteiger partial charge in [0, 0.05) is 42.2 Å². The first kappa shape index (κ1) is 26.3. The minimum Gasteiger partial charge on any atom is -0.337 e. The third kappa shape index (κ3) is 5.96. The third-order valence-corrected chi connectivity index (χ3v) is 7.15. The number of rotatable bonds is 9. The lowest BCUT2D eigenvalue weighted by Crippen LogP contribution is -2.32. The lowest BCUT2D eigenvalue weighted by molar-refractivity contribution is 0.0984. The van der Waals surface area contributed by atoms with Crippen molar-refractivity contribution in [2.75, 3.05) is 11.4 Å². The van der Waals surface area contributed by atoms with E-state index in [0.29, 0.717) is 28.4 Å². The van der Waals surface area contributed by atoms with Gasteiger partial charge in [0.15, 0.2) is 10.9 Å². The first-order valence-electron chi connectivity index (χ1n) is 12.0. The third-order valence-electron chi connectivity index (χ3n) is 6.11. The van der Waals surface area contributed by atoms with Crippen LogP contribution >= 0.6 is 23.7 Å². The van der Waals surface area contributed by atoms with Crippen LogP contribution in [-0.4, -0.2) is 32.8 Å². The number of benzene rings is 3. The van der Waals surface area contributed by atoms with Crippen LogP contribution in [-0.2, 0) is 13.0 Å². The number of aryl methyl sites for hydroxylation is 2. The number of aromatic nitrogens is 3. The van der Waals surface area contributed by atoms with Crippen molar-refractivity contribution in [2.24, 2.45) is 0 Å². The summed E-state index contributed by atoms with van der Waals surface area (Å²) in [5.74, 6) is -0.196. The molecule has 0 N–H and O–H groups in total. The van der Waals surface area contributed by atoms with E-state index in [0.717, 1.165) is 29.6 Å². The Kier molecular flexibility index (Phi) is 8.48. The quantitative estimate of drug-likeness (QED) is 0.205. The van der Waals surface area contributed by atoms with Gasteiger partial charge < -0.3 is 4.57 Å². The van der Waals surface area contributed by atoms with Crippen molar-refractivity contribution in [3.05, 3.63) is 114 Å². The van der Waals surface area contributed by atoms with Crippen molar-refractivity contribution in [3.8, 4) is 0 Å². The zero-order valence-electron chi connectivity index (χ0n) is 20.4. The van der Waals surface area contributed by atoms with Gasteiger partial charge in [-0.1, -0.05) is 66.8 Å². The van der Waals surface area contributed by atoms with Crippen LogP contribution in [0.25, 0.3) is 10.2 Å². The molecule has 0 fully saturated rings. The van der Waals surface area contributed by atoms with Crippen molar-refractivity contribution in [1.29, 1.82) is 0 Å². The van der Waals surface area contributed by atoms with Crippen LogP contribution in [0, 0.1) is 0 Å². The summed E-state index contributed by atoms with van der Waals surface area (Å²) in [7, 11) is 0. The van der Waals surface area contributed by atoms with Gasteiger partial charge in [0.25, 0.3) is 5.91 Å². The molecule has 37 heavy (non-hydrogen) atoms. The smallest absolute Gasteiger partial charge is 0.260 e. The second-order valence-electron chi connectivity index (χ2n) is 8.54. The summed E-state index contributed by atoms with van der Waals surface area (Å²) in [5, 5.41) is 0.679. The fourth-order valence-electron chi connectivity index (χ4n) is 4.08. The van der Waals surface area contributed by atoms with E-state index in [2.05, 4.69) is 24.0 Å². The molecule has 8 heteroatoms. The number of anilines is 1. The molecule has 3 aromatic carbocycles. The number of amides is 1. The Hall–Kier alpha value is -3.81. The van der Waals surface area contributed by atoms with Crippen LogP contribution in [0.1, 0.15) is 45.2 Å². The average molecular weight is 531 g/mol. The number of halogens is 1. The highest BCUT2D eigenvalue weighted by molar-refractivity contribution is 7.22. The molecule has 2 aromatic heterocycles. The van der Waals surface area contributed by atoms with Gasteiger partial charge in [0.05, 0.1) is 16.5 Å². The van der Waals surface area contributed by atoms with E-state index in [4.69, 9.17) is 4.98 Å². The first-order chi connectivity index (χ1) is 17.6. The van der Waals surface area contributed by atoms with E-state index in [1.807, 2.05) is 35.0 Å². The number of nitrogens with zero attached hydrogens (tertiary/aromatic N) is 4. The highest BCUT2D eigenvalue weighted by Crippen LogP contribution is 2.31. The van der Waals surface area contributed by atoms with Crippen molar-refractivity contribution in [2.45, 2.75) is 26.3 Å². The van der Waals surface area contributed by atoms with Crippen LogP contribution in [0.4, 0.5) is 5.13 Å². The highest BCUT2D eigenvalue weighted by Gasteiger charge is 2.22. The van der Waals surface area contributed by atoms with E-state index < -0.39 is 0 Å². The zero-order valence-corrected chi connectivity index (χ0v) is 22.0. The maximum Gasteiger partial charge on any atom is 0.260 e. The highest BCUT2D eigenvalue weighted by atomic mass is 35.5. The molecule has 0 spiro atoms. The topological polar surface area (TPSA) is 68.1 Å². The number of imidazole rings is 1. The molecule has 0 aliphatic carbocycles. The molecule has 0 aliphatic rings. The van der Waals surface area contributed by atoms with Crippen molar-refractivity contribution in [3.63, 3.8) is 0 Å². The van der Waals surface area contributed by atoms with Crippen LogP contribution < -0.4 is 4.90 Å². The first-order valence-corrected chi connectivity index (χ1v) is 12.8. The summed E-state index contributed by atoms with van der Waals surface area (Å²) in [6.45, 7) is 3.39. The van der Waals surface area contributed by atoms with Crippen LogP contribution in [0.5, 0.6) is 0 Å². The Morgan fingerprint density at radius 1 is 0.946 bits per heavy atom. The largest absolute Gasteiger partial charge is 0.337 e. The Morgan fingerprint density at radius 2 is 1.68 bits per heavy atom. The van der Waals surface area contributed by atoms with Crippen molar-refractivity contribution in [1.82, 2.24) is 14.5 Å². The fourth-order valence-corrected chi connectivity index (χ4v) is 5.14. The normalized spacial score (nSPS) is 10.7. The summed E-state index contributed by atoms with van der Waals surface area (Å²) in [6.07, 6.45) is 7.14. The Morgan fingerprint density at radius 3 is 2.38 bits per heavy atom. The van der Waals surface area contributed by atoms with Gasteiger partial charge in [-0.3, -0.25) is 14.5 Å². The molecule has 5 aromatic rings. The SMILES string of the molecule is CCc1ccc2nc(N(CCCn3ccnc3)C(=O)c3ccc(C(=O)c4ccccc4)cc3)sc2c1.Cl. The number of carbonyl (C=O) groups is 2. The second kappa shape index (κ2) is 12.0. The van der Waals surface area contributed by atoms with Crippen LogP contribution in [0.3, 0.4) is 0 Å². The minimum atomic E-state index is -0.130.